The molecule has 8 heteroatoms. The maximum Gasteiger partial charge on any atom is 0.240 e. The van der Waals surface area contributed by atoms with Gasteiger partial charge in [-0.1, -0.05) is 17.7 Å². The quantitative estimate of drug-likeness (QED) is 0.872. The molecule has 0 amide bonds. The van der Waals surface area contributed by atoms with Gasteiger partial charge in [-0.3, -0.25) is 0 Å². The van der Waals surface area contributed by atoms with E-state index in [0.717, 1.165) is 18.2 Å². The molecule has 2 aromatic rings. The number of hydrogen-bond acceptors (Lipinski definition) is 4. The number of rotatable bonds is 5. The summed E-state index contributed by atoms with van der Waals surface area (Å²) in [4.78, 5) is 0.484. The molecule has 0 aliphatic carbocycles. The number of nitrogens with one attached hydrogen (secondary N) is 1. The Hall–Kier alpha value is -0.990. The second-order valence-corrected chi connectivity index (χ2v) is 7.77. The fraction of sp³-hybridized carbons (Fsp3) is 0.231. The van der Waals surface area contributed by atoms with Crippen LogP contribution in [0.15, 0.2) is 40.6 Å². The van der Waals surface area contributed by atoms with Crippen LogP contribution in [0.3, 0.4) is 0 Å². The maximum atomic E-state index is 13.1. The van der Waals surface area contributed by atoms with E-state index in [1.165, 1.54) is 18.3 Å². The van der Waals surface area contributed by atoms with Gasteiger partial charge in [0.1, 0.15) is 11.4 Å². The lowest BCUT2D eigenvalue weighted by Crippen LogP contribution is -2.38. The van der Waals surface area contributed by atoms with Gasteiger partial charge >= 0.3 is 0 Å². The summed E-state index contributed by atoms with van der Waals surface area (Å²) in [5.74, 6) is -0.693. The molecule has 0 unspecified atom stereocenters. The smallest absolute Gasteiger partial charge is 0.240 e. The van der Waals surface area contributed by atoms with Crippen LogP contribution in [0.5, 0.6) is 0 Å². The highest BCUT2D eigenvalue weighted by molar-refractivity contribution is 7.89. The van der Waals surface area contributed by atoms with E-state index in [1.807, 2.05) is 0 Å². The SMILES string of the molecule is C[C@](O)(CNS(=O)(=O)c1ccc(F)c(Cl)c1)c1cccs1. The van der Waals surface area contributed by atoms with Gasteiger partial charge in [-0.05, 0) is 36.6 Å². The Morgan fingerprint density at radius 3 is 2.71 bits per heavy atom. The lowest BCUT2D eigenvalue weighted by Gasteiger charge is -2.22. The normalized spacial score (nSPS) is 14.9. The highest BCUT2D eigenvalue weighted by Gasteiger charge is 2.27. The standard InChI is InChI=1S/C13H13ClFNO3S2/c1-13(17,12-3-2-6-20-12)8-16-21(18,19)9-4-5-11(15)10(14)7-9/h2-7,16-17H,8H2,1H3/t13-/m0/s1. The lowest BCUT2D eigenvalue weighted by atomic mass is 10.1. The summed E-state index contributed by atoms with van der Waals surface area (Å²) in [7, 11) is -3.88. The zero-order valence-corrected chi connectivity index (χ0v) is 13.4. The van der Waals surface area contributed by atoms with E-state index in [1.54, 1.807) is 17.5 Å². The Morgan fingerprint density at radius 1 is 1.43 bits per heavy atom. The van der Waals surface area contributed by atoms with Crippen LogP contribution in [0, 0.1) is 5.82 Å². The predicted octanol–water partition coefficient (Wildman–Crippen LogP) is 2.73. The zero-order chi connectivity index (χ0) is 15.7. The van der Waals surface area contributed by atoms with Gasteiger partial charge in [0.15, 0.2) is 0 Å². The number of aliphatic hydroxyl groups is 1. The molecule has 4 nitrogen and oxygen atoms in total. The molecule has 0 saturated carbocycles. The third-order valence-corrected chi connectivity index (χ3v) is 5.67. The molecule has 0 spiro atoms. The van der Waals surface area contributed by atoms with Crippen LogP contribution in [0.4, 0.5) is 4.39 Å². The Balaban J connectivity index is 2.16. The van der Waals surface area contributed by atoms with Gasteiger partial charge in [0.25, 0.3) is 0 Å². The zero-order valence-electron chi connectivity index (χ0n) is 11.0. The van der Waals surface area contributed by atoms with Crippen molar-refractivity contribution in [2.75, 3.05) is 6.54 Å². The fourth-order valence-electron chi connectivity index (χ4n) is 1.64. The number of sulfonamides is 1. The number of halogens is 2. The fourth-order valence-corrected chi connectivity index (χ4v) is 3.83. The van der Waals surface area contributed by atoms with E-state index in [4.69, 9.17) is 11.6 Å². The summed E-state index contributed by atoms with van der Waals surface area (Å²) in [5.41, 5.74) is -1.33. The van der Waals surface area contributed by atoms with Gasteiger partial charge in [-0.15, -0.1) is 11.3 Å². The molecule has 1 heterocycles. The minimum Gasteiger partial charge on any atom is -0.383 e. The van der Waals surface area contributed by atoms with Crippen molar-refractivity contribution in [3.63, 3.8) is 0 Å². The first kappa shape index (κ1) is 16.4. The van der Waals surface area contributed by atoms with E-state index < -0.39 is 21.4 Å². The van der Waals surface area contributed by atoms with Crippen LogP contribution in [-0.4, -0.2) is 20.1 Å². The third-order valence-electron chi connectivity index (χ3n) is 2.86. The Bertz CT molecular complexity index is 730. The van der Waals surface area contributed by atoms with Crippen molar-refractivity contribution in [3.05, 3.63) is 51.4 Å². The Morgan fingerprint density at radius 2 is 2.14 bits per heavy atom. The molecule has 21 heavy (non-hydrogen) atoms. The summed E-state index contributed by atoms with van der Waals surface area (Å²) < 4.78 is 39.6. The molecule has 114 valence electrons. The van der Waals surface area contributed by atoms with Gasteiger partial charge in [0, 0.05) is 11.4 Å². The molecule has 0 saturated heterocycles. The molecule has 0 radical (unpaired) electrons. The first-order valence-corrected chi connectivity index (χ1v) is 8.67. The first-order chi connectivity index (χ1) is 9.72. The van der Waals surface area contributed by atoms with E-state index in [0.29, 0.717) is 4.88 Å². The molecule has 2 rings (SSSR count). The number of thiophene rings is 1. The molecule has 0 aliphatic heterocycles. The maximum absolute atomic E-state index is 13.1. The monoisotopic (exact) mass is 349 g/mol. The third kappa shape index (κ3) is 3.81. The molecule has 1 aromatic heterocycles. The van der Waals surface area contributed by atoms with E-state index >= 15 is 0 Å². The molecule has 0 bridgehead atoms. The Labute approximate surface area is 131 Å². The van der Waals surface area contributed by atoms with Crippen molar-refractivity contribution in [2.45, 2.75) is 17.4 Å². The molecule has 0 aliphatic rings. The van der Waals surface area contributed by atoms with Crippen LogP contribution >= 0.6 is 22.9 Å². The Kier molecular flexibility index (Phi) is 4.69. The van der Waals surface area contributed by atoms with Crippen molar-refractivity contribution in [2.24, 2.45) is 0 Å². The second-order valence-electron chi connectivity index (χ2n) is 4.65. The first-order valence-electron chi connectivity index (χ1n) is 5.93. The summed E-state index contributed by atoms with van der Waals surface area (Å²) in [6, 6.07) is 6.60. The van der Waals surface area contributed by atoms with Crippen LogP contribution in [0.25, 0.3) is 0 Å². The van der Waals surface area contributed by atoms with Crippen molar-refractivity contribution in [3.8, 4) is 0 Å². The van der Waals surface area contributed by atoms with Crippen LogP contribution in [0.2, 0.25) is 5.02 Å². The summed E-state index contributed by atoms with van der Waals surface area (Å²) in [6.45, 7) is 1.31. The van der Waals surface area contributed by atoms with Gasteiger partial charge in [-0.2, -0.15) is 0 Å². The second kappa shape index (κ2) is 6.02. The number of hydrogen-bond donors (Lipinski definition) is 2. The highest BCUT2D eigenvalue weighted by atomic mass is 35.5. The van der Waals surface area contributed by atoms with Crippen LogP contribution in [-0.2, 0) is 15.6 Å². The van der Waals surface area contributed by atoms with Crippen molar-refractivity contribution in [1.82, 2.24) is 4.72 Å². The molecule has 0 fully saturated rings. The molecular formula is C13H13ClFNO3S2. The topological polar surface area (TPSA) is 66.4 Å². The van der Waals surface area contributed by atoms with Crippen LogP contribution < -0.4 is 4.72 Å². The van der Waals surface area contributed by atoms with Gasteiger partial charge in [0.2, 0.25) is 10.0 Å². The molecule has 1 atom stereocenters. The van der Waals surface area contributed by atoms with Crippen LogP contribution in [0.1, 0.15) is 11.8 Å². The molecule has 2 N–H and O–H groups in total. The minimum absolute atomic E-state index is 0.157. The highest BCUT2D eigenvalue weighted by Crippen LogP contribution is 2.25. The number of benzene rings is 1. The predicted molar refractivity (Wildman–Crippen MR) is 80.5 cm³/mol. The van der Waals surface area contributed by atoms with Crippen molar-refractivity contribution >= 4 is 33.0 Å². The average Bonchev–Trinajstić information content (AvgIpc) is 2.94. The molecule has 1 aromatic carbocycles. The average molecular weight is 350 g/mol. The van der Waals surface area contributed by atoms with Crippen molar-refractivity contribution < 1.29 is 17.9 Å². The van der Waals surface area contributed by atoms with Gasteiger partial charge in [-0.25, -0.2) is 17.5 Å². The van der Waals surface area contributed by atoms with Gasteiger partial charge in [0.05, 0.1) is 9.92 Å². The summed E-state index contributed by atoms with van der Waals surface area (Å²) >= 11 is 6.90. The molecular weight excluding hydrogens is 337 g/mol. The van der Waals surface area contributed by atoms with Gasteiger partial charge < -0.3 is 5.11 Å². The summed E-state index contributed by atoms with van der Waals surface area (Å²) in [5, 5.41) is 11.8. The van der Waals surface area contributed by atoms with E-state index in [2.05, 4.69) is 4.72 Å². The summed E-state index contributed by atoms with van der Waals surface area (Å²) in [6.07, 6.45) is 0. The van der Waals surface area contributed by atoms with E-state index in [-0.39, 0.29) is 16.5 Å². The lowest BCUT2D eigenvalue weighted by molar-refractivity contribution is 0.0666. The minimum atomic E-state index is -3.88. The van der Waals surface area contributed by atoms with Crippen molar-refractivity contribution in [1.29, 1.82) is 0 Å². The van der Waals surface area contributed by atoms with E-state index in [9.17, 15) is 17.9 Å². The largest absolute Gasteiger partial charge is 0.383 e.